The topological polar surface area (TPSA) is 30.5 Å². The maximum absolute atomic E-state index is 6.07. The number of nitrogens with one attached hydrogen (secondary N) is 1. The second-order valence-electron chi connectivity index (χ2n) is 9.51. The summed E-state index contributed by atoms with van der Waals surface area (Å²) in [5, 5.41) is 3.44. The summed E-state index contributed by atoms with van der Waals surface area (Å²) in [4.78, 5) is 0. The number of ether oxygens (including phenoxy) is 2. The van der Waals surface area contributed by atoms with Crippen molar-refractivity contribution < 1.29 is 9.47 Å². The van der Waals surface area contributed by atoms with E-state index in [1.165, 1.54) is 21.1 Å². The highest BCUT2D eigenvalue weighted by Gasteiger charge is 2.18. The number of halogens is 1. The fourth-order valence-electron chi connectivity index (χ4n) is 4.56. The molecule has 0 heterocycles. The molecule has 0 amide bonds. The minimum atomic E-state index is 0.345. The Morgan fingerprint density at radius 1 is 0.943 bits per heavy atom. The largest absolute Gasteiger partial charge is 0.496 e. The van der Waals surface area contributed by atoms with Crippen molar-refractivity contribution in [1.82, 2.24) is 5.32 Å². The number of benzene rings is 3. The van der Waals surface area contributed by atoms with Gasteiger partial charge in [0, 0.05) is 22.2 Å². The monoisotopic (exact) mass is 584 g/mol. The van der Waals surface area contributed by atoms with Crippen LogP contribution in [0.5, 0.6) is 11.5 Å². The number of rotatable bonds is 14. The summed E-state index contributed by atoms with van der Waals surface area (Å²) < 4.78 is 12.8. The summed E-state index contributed by atoms with van der Waals surface area (Å²) in [6.07, 6.45) is 3.45. The molecule has 0 spiro atoms. The lowest BCUT2D eigenvalue weighted by Gasteiger charge is -2.24. The predicted molar refractivity (Wildman–Crippen MR) is 155 cm³/mol. The van der Waals surface area contributed by atoms with Gasteiger partial charge in [-0.1, -0.05) is 56.3 Å². The average Bonchev–Trinajstić information content (AvgIpc) is 2.84. The Balaban J connectivity index is 1.48. The lowest BCUT2D eigenvalue weighted by Crippen LogP contribution is -2.21. The third-order valence-electron chi connectivity index (χ3n) is 6.47. The number of para-hydroxylation sites is 1. The first-order chi connectivity index (χ1) is 17.0. The van der Waals surface area contributed by atoms with Crippen molar-refractivity contribution >= 4 is 22.6 Å². The molecule has 35 heavy (non-hydrogen) atoms. The van der Waals surface area contributed by atoms with Crippen molar-refractivity contribution in [2.75, 3.05) is 20.3 Å². The van der Waals surface area contributed by atoms with Crippen molar-refractivity contribution in [3.05, 3.63) is 100.0 Å². The molecule has 1 N–H and O–H groups in total. The van der Waals surface area contributed by atoms with Crippen molar-refractivity contribution in [3.63, 3.8) is 0 Å². The molecule has 3 atom stereocenters. The molecule has 0 bridgehead atoms. The smallest absolute Gasteiger partial charge is 0.123 e. The summed E-state index contributed by atoms with van der Waals surface area (Å²) in [5.74, 6) is 3.26. The first kappa shape index (κ1) is 27.5. The molecule has 3 aromatic carbocycles. The number of hydrogen-bond donors (Lipinski definition) is 1. The normalized spacial score (nSPS) is 13.0. The first-order valence-corrected chi connectivity index (χ1v) is 13.7. The lowest BCUT2D eigenvalue weighted by atomic mass is 9.82. The van der Waals surface area contributed by atoms with Crippen LogP contribution in [0.15, 0.2) is 72.8 Å². The molecule has 187 valence electrons. The molecule has 0 saturated heterocycles. The van der Waals surface area contributed by atoms with Gasteiger partial charge in [0.2, 0.25) is 0 Å². The highest BCUT2D eigenvalue weighted by atomic mass is 127. The molecule has 3 unspecified atom stereocenters. The second-order valence-corrected chi connectivity index (χ2v) is 10.8. The van der Waals surface area contributed by atoms with Gasteiger partial charge < -0.3 is 14.8 Å². The quantitative estimate of drug-likeness (QED) is 0.156. The van der Waals surface area contributed by atoms with Gasteiger partial charge in [0.05, 0.1) is 7.11 Å². The van der Waals surface area contributed by atoms with Crippen LogP contribution in [0.2, 0.25) is 0 Å². The van der Waals surface area contributed by atoms with Gasteiger partial charge in [-0.05, 0) is 108 Å². The minimum Gasteiger partial charge on any atom is -0.496 e. The zero-order chi connectivity index (χ0) is 25.0. The Hall–Kier alpha value is -2.05. The van der Waals surface area contributed by atoms with E-state index in [2.05, 4.69) is 97.2 Å². The van der Waals surface area contributed by atoms with E-state index in [-0.39, 0.29) is 0 Å². The minimum absolute atomic E-state index is 0.345. The molecule has 3 rings (SSSR count). The van der Waals surface area contributed by atoms with Crippen molar-refractivity contribution in [2.24, 2.45) is 11.8 Å². The van der Waals surface area contributed by atoms with E-state index in [9.17, 15) is 0 Å². The molecule has 3 nitrogen and oxygen atoms in total. The van der Waals surface area contributed by atoms with Crippen LogP contribution in [0.4, 0.5) is 0 Å². The van der Waals surface area contributed by atoms with Crippen LogP contribution in [-0.2, 0) is 13.0 Å². The molecule has 0 aliphatic heterocycles. The van der Waals surface area contributed by atoms with Gasteiger partial charge in [-0.3, -0.25) is 0 Å². The van der Waals surface area contributed by atoms with Gasteiger partial charge in [0.25, 0.3) is 0 Å². The van der Waals surface area contributed by atoms with E-state index in [0.717, 1.165) is 43.0 Å². The molecule has 1 radical (unpaired) electrons. The van der Waals surface area contributed by atoms with Crippen LogP contribution >= 0.6 is 22.6 Å². The molecule has 0 aromatic heterocycles. The van der Waals surface area contributed by atoms with Crippen LogP contribution in [0, 0.1) is 22.3 Å². The van der Waals surface area contributed by atoms with Crippen LogP contribution in [0.3, 0.4) is 0 Å². The molecule has 0 aliphatic carbocycles. The third-order valence-corrected chi connectivity index (χ3v) is 7.14. The van der Waals surface area contributed by atoms with E-state index < -0.39 is 0 Å². The maximum Gasteiger partial charge on any atom is 0.123 e. The molecule has 3 aromatic rings. The lowest BCUT2D eigenvalue weighted by molar-refractivity contribution is 0.312. The summed E-state index contributed by atoms with van der Waals surface area (Å²) >= 11 is 2.39. The molecular weight excluding hydrogens is 545 g/mol. The molecular formula is C31H39INO2. The summed E-state index contributed by atoms with van der Waals surface area (Å²) in [6, 6.07) is 25.5. The Morgan fingerprint density at radius 2 is 1.74 bits per heavy atom. The van der Waals surface area contributed by atoms with Gasteiger partial charge in [0.15, 0.2) is 0 Å². The third kappa shape index (κ3) is 9.16. The van der Waals surface area contributed by atoms with E-state index in [0.29, 0.717) is 24.4 Å². The molecule has 4 heteroatoms. The fraction of sp³-hybridized carbons (Fsp3) is 0.387. The van der Waals surface area contributed by atoms with Gasteiger partial charge >= 0.3 is 0 Å². The van der Waals surface area contributed by atoms with Gasteiger partial charge in [0.1, 0.15) is 18.1 Å². The standard InChI is InChI=1S/C31H39INO2/c1-23(2)30(16-15-24(3)19-25-9-7-12-28(32)20-25)26-11-8-13-29(21-26)35-18-17-33-22-27-10-5-6-14-31(27)34-4/h5-14,20-21,23-24,30,33H,1,15-19,22H2,2-4H3. The SMILES string of the molecule is [CH2]C(C)C(CCC(C)Cc1cccc(I)c1)c1cccc(OCCNCc2ccccc2OC)c1. The van der Waals surface area contributed by atoms with Gasteiger partial charge in [-0.2, -0.15) is 0 Å². The zero-order valence-electron chi connectivity index (χ0n) is 21.3. The molecule has 0 saturated carbocycles. The second kappa shape index (κ2) is 14.5. The number of hydrogen-bond acceptors (Lipinski definition) is 3. The van der Waals surface area contributed by atoms with Crippen molar-refractivity contribution in [1.29, 1.82) is 0 Å². The van der Waals surface area contributed by atoms with Crippen molar-refractivity contribution in [3.8, 4) is 11.5 Å². The highest BCUT2D eigenvalue weighted by molar-refractivity contribution is 14.1. The summed E-state index contributed by atoms with van der Waals surface area (Å²) in [5.41, 5.74) is 3.91. The Labute approximate surface area is 225 Å². The zero-order valence-corrected chi connectivity index (χ0v) is 23.5. The highest BCUT2D eigenvalue weighted by Crippen LogP contribution is 2.33. The first-order valence-electron chi connectivity index (χ1n) is 12.6. The van der Waals surface area contributed by atoms with E-state index in [1.54, 1.807) is 7.11 Å². The van der Waals surface area contributed by atoms with Crippen LogP contribution in [-0.4, -0.2) is 20.3 Å². The Morgan fingerprint density at radius 3 is 2.51 bits per heavy atom. The summed E-state index contributed by atoms with van der Waals surface area (Å²) in [7, 11) is 1.71. The van der Waals surface area contributed by atoms with Crippen LogP contribution in [0.25, 0.3) is 0 Å². The molecule has 0 fully saturated rings. The maximum atomic E-state index is 6.07. The average molecular weight is 585 g/mol. The van der Waals surface area contributed by atoms with Crippen LogP contribution in [0.1, 0.15) is 49.3 Å². The van der Waals surface area contributed by atoms with Crippen molar-refractivity contribution in [2.45, 2.75) is 45.6 Å². The number of methoxy groups -OCH3 is 1. The summed E-state index contributed by atoms with van der Waals surface area (Å²) in [6.45, 7) is 11.1. The Kier molecular flexibility index (Phi) is 11.4. The van der Waals surface area contributed by atoms with Crippen LogP contribution < -0.4 is 14.8 Å². The van der Waals surface area contributed by atoms with Gasteiger partial charge in [-0.15, -0.1) is 0 Å². The van der Waals surface area contributed by atoms with E-state index in [4.69, 9.17) is 9.47 Å². The van der Waals surface area contributed by atoms with Gasteiger partial charge in [-0.25, -0.2) is 0 Å². The van der Waals surface area contributed by atoms with E-state index in [1.807, 2.05) is 24.3 Å². The van der Waals surface area contributed by atoms with E-state index >= 15 is 0 Å². The predicted octanol–water partition coefficient (Wildman–Crippen LogP) is 7.68. The molecule has 0 aliphatic rings. The Bertz CT molecular complexity index is 1040. The fourth-order valence-corrected chi connectivity index (χ4v) is 5.17.